The zero-order valence-electron chi connectivity index (χ0n) is 11.8. The van der Waals surface area contributed by atoms with E-state index in [-0.39, 0.29) is 18.5 Å². The molecule has 114 valence electrons. The molecule has 1 aromatic carbocycles. The Morgan fingerprint density at radius 1 is 1.45 bits per heavy atom. The summed E-state index contributed by atoms with van der Waals surface area (Å²) in [6.07, 6.45) is 0. The van der Waals surface area contributed by atoms with Crippen molar-refractivity contribution in [1.82, 2.24) is 16.0 Å². The fourth-order valence-electron chi connectivity index (χ4n) is 2.23. The summed E-state index contributed by atoms with van der Waals surface area (Å²) in [6, 6.07) is 6.20. The molecule has 1 fully saturated rings. The second-order valence-electron chi connectivity index (χ2n) is 4.97. The van der Waals surface area contributed by atoms with Crippen LogP contribution in [0.15, 0.2) is 33.7 Å². The number of nitrogens with zero attached hydrogens (tertiary/aromatic N) is 1. The average Bonchev–Trinajstić information content (AvgIpc) is 3.03. The van der Waals surface area contributed by atoms with Crippen molar-refractivity contribution >= 4 is 34.6 Å². The van der Waals surface area contributed by atoms with Gasteiger partial charge in [-0.15, -0.1) is 0 Å². The molecule has 1 aliphatic rings. The molecule has 2 heterocycles. The van der Waals surface area contributed by atoms with Crippen LogP contribution in [0.3, 0.4) is 0 Å². The molecule has 0 radical (unpaired) electrons. The van der Waals surface area contributed by atoms with E-state index < -0.39 is 11.9 Å². The summed E-state index contributed by atoms with van der Waals surface area (Å²) in [6.45, 7) is 2.08. The normalized spacial score (nSPS) is 18.1. The van der Waals surface area contributed by atoms with Crippen molar-refractivity contribution in [2.75, 3.05) is 6.54 Å². The van der Waals surface area contributed by atoms with Gasteiger partial charge in [-0.05, 0) is 31.2 Å². The quantitative estimate of drug-likeness (QED) is 0.476. The topological polar surface area (TPSA) is 122 Å². The van der Waals surface area contributed by atoms with Gasteiger partial charge in [-0.25, -0.2) is 9.79 Å². The van der Waals surface area contributed by atoms with Gasteiger partial charge in [0.25, 0.3) is 5.91 Å². The van der Waals surface area contributed by atoms with Crippen LogP contribution in [0, 0.1) is 6.92 Å². The molecule has 8 heteroatoms. The zero-order chi connectivity index (χ0) is 15.7. The first-order valence-corrected chi connectivity index (χ1v) is 6.71. The maximum atomic E-state index is 11.9. The molecule has 0 saturated carbocycles. The first-order chi connectivity index (χ1) is 10.5. The summed E-state index contributed by atoms with van der Waals surface area (Å²) in [5.41, 5.74) is 7.08. The lowest BCUT2D eigenvalue weighted by Crippen LogP contribution is -2.47. The lowest BCUT2D eigenvalue weighted by molar-refractivity contribution is -0.121. The number of fused-ring (bicyclic) bond motifs is 1. The third-order valence-electron chi connectivity index (χ3n) is 3.21. The van der Waals surface area contributed by atoms with E-state index in [0.717, 1.165) is 16.7 Å². The van der Waals surface area contributed by atoms with Crippen molar-refractivity contribution in [2.45, 2.75) is 13.0 Å². The van der Waals surface area contributed by atoms with Crippen molar-refractivity contribution < 1.29 is 14.0 Å². The molecular formula is C14H15N5O3. The molecular weight excluding hydrogens is 286 g/mol. The minimum absolute atomic E-state index is 0.0364. The number of aliphatic imine (C=N–C) groups is 1. The van der Waals surface area contributed by atoms with Crippen LogP contribution in [0.5, 0.6) is 0 Å². The Kier molecular flexibility index (Phi) is 3.42. The third kappa shape index (κ3) is 2.85. The first-order valence-electron chi connectivity index (χ1n) is 6.71. The molecule has 1 saturated heterocycles. The van der Waals surface area contributed by atoms with E-state index in [1.807, 2.05) is 19.1 Å². The smallest absolute Gasteiger partial charge is 0.315 e. The van der Waals surface area contributed by atoms with Crippen LogP contribution < -0.4 is 21.7 Å². The van der Waals surface area contributed by atoms with Crippen molar-refractivity contribution in [1.29, 1.82) is 0 Å². The first kappa shape index (κ1) is 13.9. The minimum Gasteiger partial charge on any atom is -0.461 e. The lowest BCUT2D eigenvalue weighted by Gasteiger charge is -2.09. The van der Waals surface area contributed by atoms with Crippen LogP contribution >= 0.6 is 0 Å². The molecule has 8 nitrogen and oxygen atoms in total. The van der Waals surface area contributed by atoms with Gasteiger partial charge >= 0.3 is 6.03 Å². The van der Waals surface area contributed by atoms with Crippen LogP contribution in [0.4, 0.5) is 10.5 Å². The number of rotatable bonds is 2. The second-order valence-corrected chi connectivity index (χ2v) is 4.97. The number of aryl methyl sites for hydroxylation is 1. The van der Waals surface area contributed by atoms with Crippen molar-refractivity contribution in [3.63, 3.8) is 0 Å². The molecule has 22 heavy (non-hydrogen) atoms. The van der Waals surface area contributed by atoms with E-state index in [0.29, 0.717) is 5.69 Å². The Morgan fingerprint density at radius 3 is 3.00 bits per heavy atom. The molecule has 2 aromatic rings. The number of carbonyl (C=O) groups excluding carboxylic acids is 2. The summed E-state index contributed by atoms with van der Waals surface area (Å²) in [7, 11) is 0. The molecule has 3 amide bonds. The van der Waals surface area contributed by atoms with Crippen molar-refractivity contribution in [3.8, 4) is 0 Å². The number of carbonyl (C=O) groups is 2. The summed E-state index contributed by atoms with van der Waals surface area (Å²) in [5.74, 6) is 0.354. The SMILES string of the molecule is Cc1cc2cc(N=C(N)NC(=O)C3CNC(=O)N3)ccc2o1. The van der Waals surface area contributed by atoms with E-state index in [4.69, 9.17) is 10.2 Å². The average molecular weight is 301 g/mol. The van der Waals surface area contributed by atoms with E-state index in [9.17, 15) is 9.59 Å². The monoisotopic (exact) mass is 301 g/mol. The maximum Gasteiger partial charge on any atom is 0.315 e. The summed E-state index contributed by atoms with van der Waals surface area (Å²) < 4.78 is 5.47. The molecule has 3 rings (SSSR count). The Bertz CT molecular complexity index is 780. The molecule has 1 atom stereocenters. The second kappa shape index (κ2) is 5.40. The number of benzene rings is 1. The van der Waals surface area contributed by atoms with Gasteiger partial charge in [0.1, 0.15) is 17.4 Å². The highest BCUT2D eigenvalue weighted by Gasteiger charge is 2.26. The van der Waals surface area contributed by atoms with E-state index in [2.05, 4.69) is 20.9 Å². The van der Waals surface area contributed by atoms with Gasteiger partial charge in [0.15, 0.2) is 0 Å². The van der Waals surface area contributed by atoms with Gasteiger partial charge < -0.3 is 20.8 Å². The number of nitrogens with one attached hydrogen (secondary N) is 3. The zero-order valence-corrected chi connectivity index (χ0v) is 11.8. The summed E-state index contributed by atoms with van der Waals surface area (Å²) >= 11 is 0. The van der Waals surface area contributed by atoms with Gasteiger partial charge in [0.2, 0.25) is 5.96 Å². The molecule has 0 bridgehead atoms. The Balaban J connectivity index is 1.72. The van der Waals surface area contributed by atoms with E-state index in [1.54, 1.807) is 12.1 Å². The molecule has 0 spiro atoms. The number of furan rings is 1. The van der Waals surface area contributed by atoms with E-state index >= 15 is 0 Å². The Morgan fingerprint density at radius 2 is 2.27 bits per heavy atom. The molecule has 1 aliphatic heterocycles. The maximum absolute atomic E-state index is 11.9. The Labute approximate surface area is 125 Å². The predicted molar refractivity (Wildman–Crippen MR) is 80.7 cm³/mol. The van der Waals surface area contributed by atoms with Gasteiger partial charge in [0.05, 0.1) is 5.69 Å². The van der Waals surface area contributed by atoms with Crippen LogP contribution in [-0.4, -0.2) is 30.5 Å². The standard InChI is InChI=1S/C14H15N5O3/c1-7-4-8-5-9(2-3-11(8)22-7)17-13(15)19-12(20)10-6-16-14(21)18-10/h2-5,10H,6H2,1H3,(H2,16,18,21)(H3,15,17,19,20). The fourth-order valence-corrected chi connectivity index (χ4v) is 2.23. The number of urea groups is 1. The Hall–Kier alpha value is -3.03. The van der Waals surface area contributed by atoms with Crippen LogP contribution in [0.1, 0.15) is 5.76 Å². The summed E-state index contributed by atoms with van der Waals surface area (Å²) in [5, 5.41) is 8.32. The molecule has 1 unspecified atom stereocenters. The van der Waals surface area contributed by atoms with Crippen molar-refractivity contribution in [3.05, 3.63) is 30.0 Å². The van der Waals surface area contributed by atoms with Gasteiger partial charge in [-0.3, -0.25) is 10.1 Å². The number of nitrogens with two attached hydrogens (primary N) is 1. The number of guanidine groups is 1. The summed E-state index contributed by atoms with van der Waals surface area (Å²) in [4.78, 5) is 27.0. The number of amides is 3. The predicted octanol–water partition coefficient (Wildman–Crippen LogP) is 0.485. The minimum atomic E-state index is -0.653. The third-order valence-corrected chi connectivity index (χ3v) is 3.21. The molecule has 1 aromatic heterocycles. The van der Waals surface area contributed by atoms with E-state index in [1.165, 1.54) is 0 Å². The number of hydrogen-bond acceptors (Lipinski definition) is 4. The highest BCUT2D eigenvalue weighted by molar-refractivity contribution is 6.01. The largest absolute Gasteiger partial charge is 0.461 e. The van der Waals surface area contributed by atoms with Gasteiger partial charge in [-0.1, -0.05) is 0 Å². The van der Waals surface area contributed by atoms with Gasteiger partial charge in [-0.2, -0.15) is 0 Å². The molecule has 5 N–H and O–H groups in total. The van der Waals surface area contributed by atoms with Crippen LogP contribution in [0.25, 0.3) is 11.0 Å². The van der Waals surface area contributed by atoms with Gasteiger partial charge in [0, 0.05) is 11.9 Å². The van der Waals surface area contributed by atoms with Crippen molar-refractivity contribution in [2.24, 2.45) is 10.7 Å². The highest BCUT2D eigenvalue weighted by atomic mass is 16.3. The molecule has 0 aliphatic carbocycles. The fraction of sp³-hybridized carbons (Fsp3) is 0.214. The van der Waals surface area contributed by atoms with Crippen LogP contribution in [0.2, 0.25) is 0 Å². The lowest BCUT2D eigenvalue weighted by atomic mass is 10.2. The van der Waals surface area contributed by atoms with Crippen LogP contribution in [-0.2, 0) is 4.79 Å². The highest BCUT2D eigenvalue weighted by Crippen LogP contribution is 2.24. The number of hydrogen-bond donors (Lipinski definition) is 4.